The summed E-state index contributed by atoms with van der Waals surface area (Å²) in [5, 5.41) is 11.1. The van der Waals surface area contributed by atoms with Gasteiger partial charge in [-0.3, -0.25) is 4.79 Å². The lowest BCUT2D eigenvalue weighted by molar-refractivity contribution is -0.124. The van der Waals surface area contributed by atoms with Crippen molar-refractivity contribution in [2.75, 3.05) is 13.7 Å². The first-order chi connectivity index (χ1) is 7.13. The molecule has 0 atom stereocenters. The van der Waals surface area contributed by atoms with Crippen LogP contribution in [0.5, 0.6) is 0 Å². The van der Waals surface area contributed by atoms with Crippen molar-refractivity contribution in [1.82, 2.24) is 5.32 Å². The summed E-state index contributed by atoms with van der Waals surface area (Å²) in [6.45, 7) is 0.113. The van der Waals surface area contributed by atoms with Gasteiger partial charge < -0.3 is 19.6 Å². The number of ether oxygens (including phenoxy) is 1. The highest BCUT2D eigenvalue weighted by Gasteiger charge is 2.09. The van der Waals surface area contributed by atoms with E-state index in [1.807, 2.05) is 0 Å². The van der Waals surface area contributed by atoms with Crippen molar-refractivity contribution in [3.05, 3.63) is 23.7 Å². The van der Waals surface area contributed by atoms with E-state index in [1.165, 1.54) is 19.2 Å². The zero-order chi connectivity index (χ0) is 11.3. The zero-order valence-corrected chi connectivity index (χ0v) is 8.15. The minimum Gasteiger partial charge on any atom is -0.475 e. The monoisotopic (exact) mass is 213 g/mol. The predicted octanol–water partition coefficient (Wildman–Crippen LogP) is 0.240. The van der Waals surface area contributed by atoms with E-state index in [-0.39, 0.29) is 24.8 Å². The zero-order valence-electron chi connectivity index (χ0n) is 8.15. The van der Waals surface area contributed by atoms with E-state index in [0.717, 1.165) is 0 Å². The molecule has 0 saturated carbocycles. The van der Waals surface area contributed by atoms with Crippen molar-refractivity contribution < 1.29 is 23.8 Å². The predicted molar refractivity (Wildman–Crippen MR) is 49.4 cm³/mol. The van der Waals surface area contributed by atoms with Crippen LogP contribution in [0.15, 0.2) is 16.5 Å². The molecular formula is C9H11NO5. The van der Waals surface area contributed by atoms with Gasteiger partial charge in [0.25, 0.3) is 0 Å². The van der Waals surface area contributed by atoms with Gasteiger partial charge in [0.05, 0.1) is 6.54 Å². The lowest BCUT2D eigenvalue weighted by Crippen LogP contribution is -2.26. The normalized spacial score (nSPS) is 9.93. The molecule has 1 rings (SSSR count). The van der Waals surface area contributed by atoms with Crippen molar-refractivity contribution in [2.24, 2.45) is 0 Å². The molecule has 0 aromatic carbocycles. The minimum absolute atomic E-state index is 0.0352. The topological polar surface area (TPSA) is 88.8 Å². The Morgan fingerprint density at radius 2 is 2.27 bits per heavy atom. The molecule has 0 fully saturated rings. The van der Waals surface area contributed by atoms with Gasteiger partial charge in [-0.2, -0.15) is 0 Å². The van der Waals surface area contributed by atoms with Crippen LogP contribution in [0.3, 0.4) is 0 Å². The quantitative estimate of drug-likeness (QED) is 0.731. The fraction of sp³-hybridized carbons (Fsp3) is 0.333. The van der Waals surface area contributed by atoms with Crippen molar-refractivity contribution in [3.63, 3.8) is 0 Å². The van der Waals surface area contributed by atoms with E-state index >= 15 is 0 Å². The molecule has 15 heavy (non-hydrogen) atoms. The van der Waals surface area contributed by atoms with Gasteiger partial charge in [0, 0.05) is 7.11 Å². The number of hydrogen-bond donors (Lipinski definition) is 2. The molecule has 0 bridgehead atoms. The average Bonchev–Trinajstić information content (AvgIpc) is 2.63. The molecule has 0 unspecified atom stereocenters. The van der Waals surface area contributed by atoms with E-state index in [1.54, 1.807) is 0 Å². The Bertz CT molecular complexity index is 357. The standard InChI is InChI=1S/C9H11NO5/c1-14-5-8(11)10-4-6-2-3-7(15-6)9(12)13/h2-3H,4-5H2,1H3,(H,10,11)(H,12,13). The molecule has 0 radical (unpaired) electrons. The Hall–Kier alpha value is -1.82. The van der Waals surface area contributed by atoms with Crippen molar-refractivity contribution in [2.45, 2.75) is 6.54 Å². The molecule has 0 aliphatic heterocycles. The number of carbonyl (C=O) groups excluding carboxylic acids is 1. The first-order valence-electron chi connectivity index (χ1n) is 4.21. The highest BCUT2D eigenvalue weighted by molar-refractivity contribution is 5.84. The number of amides is 1. The van der Waals surface area contributed by atoms with Gasteiger partial charge in [-0.05, 0) is 12.1 Å². The largest absolute Gasteiger partial charge is 0.475 e. The van der Waals surface area contributed by atoms with E-state index in [0.29, 0.717) is 5.76 Å². The van der Waals surface area contributed by atoms with Crippen LogP contribution in [0.25, 0.3) is 0 Å². The van der Waals surface area contributed by atoms with Crippen LogP contribution in [-0.4, -0.2) is 30.7 Å². The van der Waals surface area contributed by atoms with Gasteiger partial charge >= 0.3 is 5.97 Å². The second-order valence-electron chi connectivity index (χ2n) is 2.78. The number of rotatable bonds is 5. The van der Waals surface area contributed by atoms with E-state index in [4.69, 9.17) is 9.52 Å². The van der Waals surface area contributed by atoms with Crippen LogP contribution in [0.1, 0.15) is 16.3 Å². The minimum atomic E-state index is -1.13. The molecule has 0 spiro atoms. The van der Waals surface area contributed by atoms with Crippen molar-refractivity contribution in [1.29, 1.82) is 0 Å². The third-order valence-corrected chi connectivity index (χ3v) is 1.61. The van der Waals surface area contributed by atoms with Gasteiger partial charge in [0.2, 0.25) is 11.7 Å². The number of aromatic carboxylic acids is 1. The van der Waals surface area contributed by atoms with Crippen LogP contribution in [0.4, 0.5) is 0 Å². The number of hydrogen-bond acceptors (Lipinski definition) is 4. The van der Waals surface area contributed by atoms with Crippen LogP contribution in [0.2, 0.25) is 0 Å². The summed E-state index contributed by atoms with van der Waals surface area (Å²) in [6.07, 6.45) is 0. The lowest BCUT2D eigenvalue weighted by Gasteiger charge is -2.01. The Labute approximate surface area is 85.8 Å². The van der Waals surface area contributed by atoms with E-state index < -0.39 is 5.97 Å². The highest BCUT2D eigenvalue weighted by Crippen LogP contribution is 2.07. The average molecular weight is 213 g/mol. The van der Waals surface area contributed by atoms with Crippen LogP contribution >= 0.6 is 0 Å². The smallest absolute Gasteiger partial charge is 0.371 e. The van der Waals surface area contributed by atoms with Crippen LogP contribution < -0.4 is 5.32 Å². The molecule has 6 nitrogen and oxygen atoms in total. The molecule has 1 amide bonds. The molecule has 2 N–H and O–H groups in total. The molecule has 82 valence electrons. The maximum Gasteiger partial charge on any atom is 0.371 e. The number of nitrogens with one attached hydrogen (secondary N) is 1. The Morgan fingerprint density at radius 3 is 2.80 bits per heavy atom. The van der Waals surface area contributed by atoms with Crippen LogP contribution in [0, 0.1) is 0 Å². The molecule has 0 saturated heterocycles. The van der Waals surface area contributed by atoms with Gasteiger partial charge in [0.1, 0.15) is 12.4 Å². The van der Waals surface area contributed by atoms with Gasteiger partial charge in [-0.25, -0.2) is 4.79 Å². The molecule has 1 aromatic rings. The van der Waals surface area contributed by atoms with E-state index in [9.17, 15) is 9.59 Å². The number of methoxy groups -OCH3 is 1. The van der Waals surface area contributed by atoms with Gasteiger partial charge in [0.15, 0.2) is 0 Å². The summed E-state index contributed by atoms with van der Waals surface area (Å²) < 4.78 is 9.52. The van der Waals surface area contributed by atoms with Crippen molar-refractivity contribution >= 4 is 11.9 Å². The summed E-state index contributed by atoms with van der Waals surface area (Å²) in [6, 6.07) is 2.83. The summed E-state index contributed by atoms with van der Waals surface area (Å²) in [7, 11) is 1.41. The lowest BCUT2D eigenvalue weighted by atomic mass is 10.4. The summed E-state index contributed by atoms with van der Waals surface area (Å²) in [5.74, 6) is -1.18. The molecule has 6 heteroatoms. The number of carboxylic acid groups (broad SMARTS) is 1. The highest BCUT2D eigenvalue weighted by atomic mass is 16.5. The fourth-order valence-corrected chi connectivity index (χ4v) is 0.956. The second kappa shape index (κ2) is 5.16. The van der Waals surface area contributed by atoms with Crippen molar-refractivity contribution in [3.8, 4) is 0 Å². The first kappa shape index (κ1) is 11.3. The maximum absolute atomic E-state index is 11.0. The molecule has 1 aromatic heterocycles. The SMILES string of the molecule is COCC(=O)NCc1ccc(C(=O)O)o1. The fourth-order valence-electron chi connectivity index (χ4n) is 0.956. The number of furan rings is 1. The Morgan fingerprint density at radius 1 is 1.53 bits per heavy atom. The third kappa shape index (κ3) is 3.43. The van der Waals surface area contributed by atoms with Crippen LogP contribution in [-0.2, 0) is 16.1 Å². The maximum atomic E-state index is 11.0. The van der Waals surface area contributed by atoms with Gasteiger partial charge in [-0.15, -0.1) is 0 Å². The van der Waals surface area contributed by atoms with E-state index in [2.05, 4.69) is 10.1 Å². The summed E-state index contributed by atoms with van der Waals surface area (Å²) in [5.41, 5.74) is 0. The molecule has 0 aliphatic carbocycles. The molecule has 0 aliphatic rings. The number of carbonyl (C=O) groups is 2. The third-order valence-electron chi connectivity index (χ3n) is 1.61. The first-order valence-corrected chi connectivity index (χ1v) is 4.21. The number of carboxylic acids is 1. The Balaban J connectivity index is 2.44. The summed E-state index contributed by atoms with van der Waals surface area (Å²) in [4.78, 5) is 21.4. The second-order valence-corrected chi connectivity index (χ2v) is 2.78. The van der Waals surface area contributed by atoms with Gasteiger partial charge in [-0.1, -0.05) is 0 Å². The molecular weight excluding hydrogens is 202 g/mol. The summed E-state index contributed by atoms with van der Waals surface area (Å²) >= 11 is 0. The molecule has 1 heterocycles. The Kier molecular flexibility index (Phi) is 3.87.